The highest BCUT2D eigenvalue weighted by atomic mass is 15.1. The van der Waals surface area contributed by atoms with Crippen molar-refractivity contribution in [1.29, 1.82) is 0 Å². The van der Waals surface area contributed by atoms with E-state index in [4.69, 9.17) is 0 Å². The topological polar surface area (TPSA) is 3.24 Å². The first-order chi connectivity index (χ1) is 30.4. The summed E-state index contributed by atoms with van der Waals surface area (Å²) in [7, 11) is 0. The van der Waals surface area contributed by atoms with Crippen LogP contribution in [0.15, 0.2) is 127 Å². The van der Waals surface area contributed by atoms with Crippen LogP contribution in [-0.2, 0) is 16.2 Å². The van der Waals surface area contributed by atoms with Gasteiger partial charge < -0.3 is 4.90 Å². The van der Waals surface area contributed by atoms with Crippen molar-refractivity contribution in [3.8, 4) is 33.4 Å². The molecule has 11 aliphatic carbocycles. The van der Waals surface area contributed by atoms with Gasteiger partial charge in [0.05, 0.1) is 5.69 Å². The van der Waals surface area contributed by atoms with Crippen molar-refractivity contribution in [2.45, 2.75) is 107 Å². The van der Waals surface area contributed by atoms with E-state index in [-0.39, 0.29) is 16.2 Å². The third-order valence-corrected chi connectivity index (χ3v) is 20.0. The molecule has 6 aromatic rings. The third kappa shape index (κ3) is 4.28. The van der Waals surface area contributed by atoms with Crippen molar-refractivity contribution in [2.24, 2.45) is 47.3 Å². The smallest absolute Gasteiger partial charge is 0.0543 e. The van der Waals surface area contributed by atoms with Crippen LogP contribution in [0.5, 0.6) is 0 Å². The summed E-state index contributed by atoms with van der Waals surface area (Å²) in [6, 6.07) is 51.7. The van der Waals surface area contributed by atoms with Gasteiger partial charge in [-0.3, -0.25) is 0 Å². The molecular formula is C61H59N. The molecule has 0 aromatic heterocycles. The standard InChI is InChI=1S/C61H59N/c1-59(2)51-13-6-3-11-47(51)50-34-44(23-25-52(50)59)62(45-22-24-48-46-10-4-7-14-53(46)61(56(48)35-45)41-21-19-37-27-39(31-41)33-43(61)29-37)57-17-9-16-55-58(57)49-12-5-8-15-54(49)60(55)40-20-18-36-26-38(30-40)32-42(60)28-36/h3-17,22-25,34-43H,18-21,26-33H2,1-2H3. The molecule has 0 amide bonds. The molecule has 0 N–H and O–H groups in total. The van der Waals surface area contributed by atoms with Crippen LogP contribution in [0.2, 0.25) is 0 Å². The van der Waals surface area contributed by atoms with Gasteiger partial charge in [-0.05, 0) is 203 Å². The zero-order valence-electron chi connectivity index (χ0n) is 36.7. The number of hydrogen-bond donors (Lipinski definition) is 0. The van der Waals surface area contributed by atoms with Gasteiger partial charge in [-0.25, -0.2) is 0 Å². The first-order valence-electron chi connectivity index (χ1n) is 24.9. The number of hydrogen-bond acceptors (Lipinski definition) is 1. The van der Waals surface area contributed by atoms with Crippen molar-refractivity contribution in [1.82, 2.24) is 0 Å². The number of benzene rings is 6. The molecule has 0 saturated heterocycles. The van der Waals surface area contributed by atoms with Gasteiger partial charge in [-0.1, -0.05) is 124 Å². The fourth-order valence-corrected chi connectivity index (χ4v) is 18.2. The second-order valence-electron chi connectivity index (χ2n) is 22.8. The minimum absolute atomic E-state index is 0.0315. The Morgan fingerprint density at radius 1 is 0.371 bits per heavy atom. The predicted molar refractivity (Wildman–Crippen MR) is 254 cm³/mol. The van der Waals surface area contributed by atoms with Crippen molar-refractivity contribution in [2.75, 3.05) is 4.90 Å². The van der Waals surface area contributed by atoms with E-state index in [0.29, 0.717) is 0 Å². The van der Waals surface area contributed by atoms with Gasteiger partial charge in [0, 0.05) is 33.2 Å². The van der Waals surface area contributed by atoms with Crippen LogP contribution < -0.4 is 4.90 Å². The van der Waals surface area contributed by atoms with E-state index < -0.39 is 0 Å². The molecule has 8 saturated carbocycles. The second-order valence-corrected chi connectivity index (χ2v) is 22.8. The highest BCUT2D eigenvalue weighted by molar-refractivity contribution is 5.97. The van der Waals surface area contributed by atoms with E-state index in [9.17, 15) is 0 Å². The third-order valence-electron chi connectivity index (χ3n) is 20.0. The maximum absolute atomic E-state index is 2.76. The molecular weight excluding hydrogens is 747 g/mol. The molecule has 1 nitrogen and oxygen atoms in total. The molecule has 6 aromatic carbocycles. The van der Waals surface area contributed by atoms with Gasteiger partial charge in [0.1, 0.15) is 0 Å². The molecule has 0 aliphatic heterocycles. The van der Waals surface area contributed by atoms with Crippen molar-refractivity contribution in [3.63, 3.8) is 0 Å². The Bertz CT molecular complexity index is 2880. The molecule has 10 unspecified atom stereocenters. The minimum Gasteiger partial charge on any atom is -0.310 e. The lowest BCUT2D eigenvalue weighted by Gasteiger charge is -2.53. The summed E-state index contributed by atoms with van der Waals surface area (Å²) >= 11 is 0. The lowest BCUT2D eigenvalue weighted by molar-refractivity contribution is 0.0618. The van der Waals surface area contributed by atoms with Crippen LogP contribution >= 0.6 is 0 Å². The summed E-state index contributed by atoms with van der Waals surface area (Å²) in [6.07, 6.45) is 17.0. The van der Waals surface area contributed by atoms with Crippen molar-refractivity contribution >= 4 is 17.1 Å². The van der Waals surface area contributed by atoms with Gasteiger partial charge >= 0.3 is 0 Å². The highest BCUT2D eigenvalue weighted by Crippen LogP contribution is 2.71. The number of anilines is 3. The summed E-state index contributed by atoms with van der Waals surface area (Å²) in [5, 5.41) is 0. The second kappa shape index (κ2) is 12.2. The summed E-state index contributed by atoms with van der Waals surface area (Å²) in [4.78, 5) is 2.76. The molecule has 11 aliphatic rings. The zero-order valence-corrected chi connectivity index (χ0v) is 36.7. The maximum Gasteiger partial charge on any atom is 0.0543 e. The Balaban J connectivity index is 0.994. The Kier molecular flexibility index (Phi) is 7.01. The van der Waals surface area contributed by atoms with Crippen molar-refractivity contribution in [3.05, 3.63) is 161 Å². The van der Waals surface area contributed by atoms with Gasteiger partial charge in [-0.2, -0.15) is 0 Å². The number of fused-ring (bicyclic) bond motifs is 11. The Morgan fingerprint density at radius 2 is 0.871 bits per heavy atom. The molecule has 62 heavy (non-hydrogen) atoms. The maximum atomic E-state index is 2.76. The highest BCUT2D eigenvalue weighted by Gasteiger charge is 2.61. The summed E-state index contributed by atoms with van der Waals surface area (Å²) in [6.45, 7) is 4.85. The van der Waals surface area contributed by atoms with Gasteiger partial charge in [0.2, 0.25) is 0 Å². The number of rotatable bonds is 3. The molecule has 0 radical (unpaired) electrons. The first kappa shape index (κ1) is 35.6. The van der Waals surface area contributed by atoms with Gasteiger partial charge in [0.25, 0.3) is 0 Å². The largest absolute Gasteiger partial charge is 0.310 e. The average molecular weight is 806 g/mol. The monoisotopic (exact) mass is 805 g/mol. The molecule has 0 heterocycles. The lowest BCUT2D eigenvalue weighted by Crippen LogP contribution is -2.48. The zero-order chi connectivity index (χ0) is 40.7. The normalized spacial score (nSPS) is 33.8. The van der Waals surface area contributed by atoms with E-state index in [1.807, 2.05) is 0 Å². The van der Waals surface area contributed by atoms with E-state index in [1.165, 1.54) is 139 Å². The van der Waals surface area contributed by atoms with E-state index in [0.717, 1.165) is 47.3 Å². The molecule has 308 valence electrons. The quantitative estimate of drug-likeness (QED) is 0.172. The fraction of sp³-hybridized carbons (Fsp3) is 0.410. The SMILES string of the molecule is CC1(C)c2ccccc2-c2cc(N(c3ccc4c(c3)C3(c5ccccc5-4)C4CCC5CC(C4)CC3C5)c3cccc4c3-c3ccccc3C43C4CCC5CC(C4)CC3C5)ccc21. The van der Waals surface area contributed by atoms with Crippen LogP contribution in [0.1, 0.15) is 124 Å². The van der Waals surface area contributed by atoms with Gasteiger partial charge in [0.15, 0.2) is 0 Å². The van der Waals surface area contributed by atoms with Crippen LogP contribution in [0, 0.1) is 47.3 Å². The fourth-order valence-electron chi connectivity index (χ4n) is 18.2. The van der Waals surface area contributed by atoms with Crippen LogP contribution in [0.3, 0.4) is 0 Å². The Morgan fingerprint density at radius 3 is 1.58 bits per heavy atom. The molecule has 17 rings (SSSR count). The summed E-state index contributed by atoms with van der Waals surface area (Å²) in [5.74, 6) is 6.56. The molecule has 1 heteroatoms. The van der Waals surface area contributed by atoms with Crippen LogP contribution in [-0.4, -0.2) is 0 Å². The van der Waals surface area contributed by atoms with E-state index in [2.05, 4.69) is 146 Å². The molecule has 10 atom stereocenters. The summed E-state index contributed by atoms with van der Waals surface area (Å²) in [5.41, 5.74) is 22.5. The van der Waals surface area contributed by atoms with Crippen molar-refractivity contribution < 1.29 is 0 Å². The molecule has 8 fully saturated rings. The number of nitrogens with zero attached hydrogens (tertiary/aromatic N) is 1. The van der Waals surface area contributed by atoms with Crippen LogP contribution in [0.4, 0.5) is 17.1 Å². The predicted octanol–water partition coefficient (Wildman–Crippen LogP) is 15.7. The molecule has 8 bridgehead atoms. The first-order valence-corrected chi connectivity index (χ1v) is 24.9. The molecule has 2 spiro atoms. The minimum atomic E-state index is -0.0315. The summed E-state index contributed by atoms with van der Waals surface area (Å²) < 4.78 is 0. The van der Waals surface area contributed by atoms with E-state index >= 15 is 0 Å². The Labute approximate surface area is 369 Å². The van der Waals surface area contributed by atoms with Crippen LogP contribution in [0.25, 0.3) is 33.4 Å². The van der Waals surface area contributed by atoms with Gasteiger partial charge in [-0.15, -0.1) is 0 Å². The lowest BCUT2D eigenvalue weighted by atomic mass is 9.50. The average Bonchev–Trinajstić information content (AvgIpc) is 3.67. The Hall–Kier alpha value is -4.88. The van der Waals surface area contributed by atoms with E-state index in [1.54, 1.807) is 22.3 Å².